The number of aromatic nitrogens is 1. The topological polar surface area (TPSA) is 73.0 Å². The second-order valence-corrected chi connectivity index (χ2v) is 3.77. The molecule has 82 valence electrons. The Morgan fingerprint density at radius 2 is 2.25 bits per heavy atom. The Kier molecular flexibility index (Phi) is 2.50. The number of aromatic amines is 1. The quantitative estimate of drug-likeness (QED) is 0.821. The lowest BCUT2D eigenvalue weighted by atomic mass is 10.1. The number of nitrogens with one attached hydrogen (secondary N) is 1. The third-order valence-electron chi connectivity index (χ3n) is 2.40. The SMILES string of the molecule is CN(C)C(C#N)c1ccc2[nH]c(=O)oc2c1. The highest BCUT2D eigenvalue weighted by atomic mass is 16.4. The van der Waals surface area contributed by atoms with E-state index >= 15 is 0 Å². The fourth-order valence-corrected chi connectivity index (χ4v) is 1.62. The first-order chi connectivity index (χ1) is 7.61. The van der Waals surface area contributed by atoms with Crippen LogP contribution in [0.5, 0.6) is 0 Å². The molecule has 1 aromatic carbocycles. The molecule has 5 heteroatoms. The molecule has 1 aromatic heterocycles. The van der Waals surface area contributed by atoms with Crippen LogP contribution in [-0.2, 0) is 0 Å². The molecule has 0 amide bonds. The van der Waals surface area contributed by atoms with Gasteiger partial charge in [-0.1, -0.05) is 6.07 Å². The van der Waals surface area contributed by atoms with Gasteiger partial charge in [0, 0.05) is 0 Å². The summed E-state index contributed by atoms with van der Waals surface area (Å²) in [6.45, 7) is 0. The Balaban J connectivity index is 2.54. The molecule has 0 aliphatic heterocycles. The maximum absolute atomic E-state index is 11.0. The van der Waals surface area contributed by atoms with Gasteiger partial charge < -0.3 is 4.42 Å². The first-order valence-corrected chi connectivity index (χ1v) is 4.80. The van der Waals surface area contributed by atoms with Crippen LogP contribution in [0.3, 0.4) is 0 Å². The average molecular weight is 217 g/mol. The van der Waals surface area contributed by atoms with Crippen molar-refractivity contribution in [2.24, 2.45) is 0 Å². The molecule has 0 radical (unpaired) electrons. The zero-order valence-electron chi connectivity index (χ0n) is 9.02. The van der Waals surface area contributed by atoms with E-state index in [4.69, 9.17) is 9.68 Å². The lowest BCUT2D eigenvalue weighted by Crippen LogP contribution is -2.18. The van der Waals surface area contributed by atoms with E-state index in [0.29, 0.717) is 11.1 Å². The van der Waals surface area contributed by atoms with Crippen molar-refractivity contribution in [2.45, 2.75) is 6.04 Å². The summed E-state index contributed by atoms with van der Waals surface area (Å²) in [5, 5.41) is 9.04. The molecule has 2 rings (SSSR count). The van der Waals surface area contributed by atoms with Crippen LogP contribution >= 0.6 is 0 Å². The van der Waals surface area contributed by atoms with Gasteiger partial charge in [-0.2, -0.15) is 5.26 Å². The van der Waals surface area contributed by atoms with Gasteiger partial charge in [-0.05, 0) is 31.8 Å². The largest absolute Gasteiger partial charge is 0.417 e. The highest BCUT2D eigenvalue weighted by Gasteiger charge is 2.14. The first-order valence-electron chi connectivity index (χ1n) is 4.80. The maximum atomic E-state index is 11.0. The number of rotatable bonds is 2. The van der Waals surface area contributed by atoms with Crippen LogP contribution in [0.2, 0.25) is 0 Å². The van der Waals surface area contributed by atoms with Crippen molar-refractivity contribution >= 4 is 11.1 Å². The molecule has 5 nitrogen and oxygen atoms in total. The summed E-state index contributed by atoms with van der Waals surface area (Å²) in [5.41, 5.74) is 1.93. The number of hydrogen-bond acceptors (Lipinski definition) is 4. The van der Waals surface area contributed by atoms with Crippen LogP contribution in [0.1, 0.15) is 11.6 Å². The zero-order chi connectivity index (χ0) is 11.7. The van der Waals surface area contributed by atoms with Crippen molar-refractivity contribution in [2.75, 3.05) is 14.1 Å². The van der Waals surface area contributed by atoms with Gasteiger partial charge in [0.25, 0.3) is 0 Å². The van der Waals surface area contributed by atoms with E-state index in [1.807, 2.05) is 20.2 Å². The number of nitriles is 1. The Labute approximate surface area is 91.9 Å². The standard InChI is InChI=1S/C11H11N3O2/c1-14(2)9(6-12)7-3-4-8-10(5-7)16-11(15)13-8/h3-5,9H,1-2H3,(H,13,15). The Bertz CT molecular complexity index is 603. The number of benzene rings is 1. The summed E-state index contributed by atoms with van der Waals surface area (Å²) in [4.78, 5) is 15.3. The first kappa shape index (κ1) is 10.5. The number of hydrogen-bond donors (Lipinski definition) is 1. The summed E-state index contributed by atoms with van der Waals surface area (Å²) in [6, 6.07) is 7.10. The lowest BCUT2D eigenvalue weighted by molar-refractivity contribution is 0.358. The van der Waals surface area contributed by atoms with Gasteiger partial charge in [0.2, 0.25) is 0 Å². The van der Waals surface area contributed by atoms with E-state index in [9.17, 15) is 4.79 Å². The summed E-state index contributed by atoms with van der Waals surface area (Å²) in [6.07, 6.45) is 0. The van der Waals surface area contributed by atoms with E-state index in [1.54, 1.807) is 17.0 Å². The van der Waals surface area contributed by atoms with E-state index in [2.05, 4.69) is 11.1 Å². The Hall–Kier alpha value is -2.06. The molecular formula is C11H11N3O2. The summed E-state index contributed by atoms with van der Waals surface area (Å²) in [7, 11) is 3.65. The van der Waals surface area contributed by atoms with Crippen molar-refractivity contribution < 1.29 is 4.42 Å². The summed E-state index contributed by atoms with van der Waals surface area (Å²) < 4.78 is 4.94. The van der Waals surface area contributed by atoms with Gasteiger partial charge in [0.1, 0.15) is 6.04 Å². The number of H-pyrrole nitrogens is 1. The molecule has 1 N–H and O–H groups in total. The molecule has 0 aliphatic rings. The predicted octanol–water partition coefficient (Wildman–Crippen LogP) is 1.25. The Morgan fingerprint density at radius 3 is 2.88 bits per heavy atom. The normalized spacial score (nSPS) is 12.9. The molecule has 0 aliphatic carbocycles. The smallest absolute Gasteiger partial charge is 0.408 e. The number of oxazole rings is 1. The van der Waals surface area contributed by atoms with Crippen LogP contribution in [0, 0.1) is 11.3 Å². The molecular weight excluding hydrogens is 206 g/mol. The predicted molar refractivity (Wildman–Crippen MR) is 58.9 cm³/mol. The van der Waals surface area contributed by atoms with Crippen molar-refractivity contribution in [1.82, 2.24) is 9.88 Å². The highest BCUT2D eigenvalue weighted by molar-refractivity contribution is 5.73. The molecule has 16 heavy (non-hydrogen) atoms. The van der Waals surface area contributed by atoms with Gasteiger partial charge in [-0.3, -0.25) is 9.88 Å². The third kappa shape index (κ3) is 1.71. The van der Waals surface area contributed by atoms with Crippen LogP contribution < -0.4 is 5.76 Å². The monoisotopic (exact) mass is 217 g/mol. The highest BCUT2D eigenvalue weighted by Crippen LogP contribution is 2.21. The second kappa shape index (κ2) is 3.83. The Morgan fingerprint density at radius 1 is 1.50 bits per heavy atom. The molecule has 0 fully saturated rings. The number of nitrogens with zero attached hydrogens (tertiary/aromatic N) is 2. The minimum atomic E-state index is -0.481. The van der Waals surface area contributed by atoms with Crippen LogP contribution in [-0.4, -0.2) is 24.0 Å². The van der Waals surface area contributed by atoms with Crippen molar-refractivity contribution in [3.05, 3.63) is 34.3 Å². The van der Waals surface area contributed by atoms with Gasteiger partial charge in [-0.25, -0.2) is 4.79 Å². The van der Waals surface area contributed by atoms with Gasteiger partial charge >= 0.3 is 5.76 Å². The van der Waals surface area contributed by atoms with E-state index in [-0.39, 0.29) is 6.04 Å². The van der Waals surface area contributed by atoms with Crippen LogP contribution in [0.4, 0.5) is 0 Å². The van der Waals surface area contributed by atoms with Crippen molar-refractivity contribution in [3.8, 4) is 6.07 Å². The molecule has 0 spiro atoms. The molecule has 0 saturated heterocycles. The van der Waals surface area contributed by atoms with Crippen molar-refractivity contribution in [1.29, 1.82) is 5.26 Å². The van der Waals surface area contributed by atoms with Crippen LogP contribution in [0.25, 0.3) is 11.1 Å². The maximum Gasteiger partial charge on any atom is 0.417 e. The molecule has 1 atom stereocenters. The molecule has 0 bridgehead atoms. The fraction of sp³-hybridized carbons (Fsp3) is 0.273. The summed E-state index contributed by atoms with van der Waals surface area (Å²) in [5.74, 6) is -0.481. The minimum absolute atomic E-state index is 0.343. The van der Waals surface area contributed by atoms with Gasteiger partial charge in [0.15, 0.2) is 5.58 Å². The lowest BCUT2D eigenvalue weighted by Gasteiger charge is -2.16. The van der Waals surface area contributed by atoms with Crippen LogP contribution in [0.15, 0.2) is 27.4 Å². The second-order valence-electron chi connectivity index (χ2n) is 3.77. The molecule has 2 aromatic rings. The van der Waals surface area contributed by atoms with E-state index in [1.165, 1.54) is 0 Å². The van der Waals surface area contributed by atoms with E-state index < -0.39 is 5.76 Å². The fourth-order valence-electron chi connectivity index (χ4n) is 1.62. The van der Waals surface area contributed by atoms with Gasteiger partial charge in [0.05, 0.1) is 11.6 Å². The zero-order valence-corrected chi connectivity index (χ0v) is 9.02. The molecule has 0 saturated carbocycles. The molecule has 1 heterocycles. The summed E-state index contributed by atoms with van der Waals surface area (Å²) >= 11 is 0. The molecule has 1 unspecified atom stereocenters. The van der Waals surface area contributed by atoms with E-state index in [0.717, 1.165) is 5.56 Å². The third-order valence-corrected chi connectivity index (χ3v) is 2.40. The number of fused-ring (bicyclic) bond motifs is 1. The minimum Gasteiger partial charge on any atom is -0.408 e. The average Bonchev–Trinajstić information content (AvgIpc) is 2.57. The van der Waals surface area contributed by atoms with Crippen molar-refractivity contribution in [3.63, 3.8) is 0 Å². The van der Waals surface area contributed by atoms with Gasteiger partial charge in [-0.15, -0.1) is 0 Å².